The number of nitrogens with zero attached hydrogens (tertiary/aromatic N) is 2. The van der Waals surface area contributed by atoms with E-state index in [9.17, 15) is 4.79 Å². The first-order chi connectivity index (χ1) is 10.5. The van der Waals surface area contributed by atoms with E-state index in [0.717, 1.165) is 5.56 Å². The molecule has 0 saturated heterocycles. The van der Waals surface area contributed by atoms with Crippen molar-refractivity contribution in [2.45, 2.75) is 27.5 Å². The van der Waals surface area contributed by atoms with Crippen LogP contribution in [0.3, 0.4) is 0 Å². The number of carbonyl (C=O) groups is 1. The standard InChI is InChI=1S/C16H20ClN3O2/c1-11(2)9-18-16(21)14-6-7-20(19-14)10-22-15-8-12(3)4-5-13(15)17/h4-8,11H,9-10H2,1-3H3,(H,18,21). The molecular formula is C16H20ClN3O2. The highest BCUT2D eigenvalue weighted by molar-refractivity contribution is 6.32. The molecule has 0 unspecified atom stereocenters. The van der Waals surface area contributed by atoms with E-state index in [2.05, 4.69) is 10.4 Å². The Morgan fingerprint density at radius 2 is 2.18 bits per heavy atom. The Morgan fingerprint density at radius 3 is 2.91 bits per heavy atom. The molecule has 1 aromatic carbocycles. The fraction of sp³-hybridized carbons (Fsp3) is 0.375. The van der Waals surface area contributed by atoms with Gasteiger partial charge in [0.1, 0.15) is 11.4 Å². The van der Waals surface area contributed by atoms with Crippen molar-refractivity contribution in [3.8, 4) is 5.75 Å². The predicted molar refractivity (Wildman–Crippen MR) is 86.2 cm³/mol. The van der Waals surface area contributed by atoms with Gasteiger partial charge in [0.25, 0.3) is 5.91 Å². The zero-order valence-electron chi connectivity index (χ0n) is 13.0. The summed E-state index contributed by atoms with van der Waals surface area (Å²) in [6, 6.07) is 7.24. The Balaban J connectivity index is 1.94. The topological polar surface area (TPSA) is 56.1 Å². The van der Waals surface area contributed by atoms with Gasteiger partial charge < -0.3 is 10.1 Å². The van der Waals surface area contributed by atoms with Gasteiger partial charge in [-0.3, -0.25) is 4.79 Å². The third kappa shape index (κ3) is 4.49. The number of hydrogen-bond acceptors (Lipinski definition) is 3. The highest BCUT2D eigenvalue weighted by Crippen LogP contribution is 2.25. The first-order valence-corrected chi connectivity index (χ1v) is 7.54. The van der Waals surface area contributed by atoms with Crippen molar-refractivity contribution in [2.75, 3.05) is 6.54 Å². The number of amides is 1. The van der Waals surface area contributed by atoms with Gasteiger partial charge >= 0.3 is 0 Å². The average Bonchev–Trinajstić information content (AvgIpc) is 2.94. The van der Waals surface area contributed by atoms with Crippen LogP contribution in [0.2, 0.25) is 5.02 Å². The van der Waals surface area contributed by atoms with Gasteiger partial charge in [-0.2, -0.15) is 5.10 Å². The molecule has 0 aliphatic rings. The zero-order valence-corrected chi connectivity index (χ0v) is 13.7. The van der Waals surface area contributed by atoms with Crippen molar-refractivity contribution >= 4 is 17.5 Å². The van der Waals surface area contributed by atoms with E-state index < -0.39 is 0 Å². The summed E-state index contributed by atoms with van der Waals surface area (Å²) in [7, 11) is 0. The van der Waals surface area contributed by atoms with Crippen molar-refractivity contribution in [3.63, 3.8) is 0 Å². The van der Waals surface area contributed by atoms with E-state index in [1.807, 2.05) is 32.9 Å². The van der Waals surface area contributed by atoms with Gasteiger partial charge in [-0.25, -0.2) is 4.68 Å². The van der Waals surface area contributed by atoms with Crippen LogP contribution < -0.4 is 10.1 Å². The number of nitrogens with one attached hydrogen (secondary N) is 1. The van der Waals surface area contributed by atoms with Crippen LogP contribution in [0.25, 0.3) is 0 Å². The lowest BCUT2D eigenvalue weighted by molar-refractivity contribution is 0.0942. The van der Waals surface area contributed by atoms with Crippen LogP contribution in [0.4, 0.5) is 0 Å². The first-order valence-electron chi connectivity index (χ1n) is 7.16. The maximum absolute atomic E-state index is 11.9. The summed E-state index contributed by atoms with van der Waals surface area (Å²) in [5.41, 5.74) is 1.44. The number of carbonyl (C=O) groups excluding carboxylic acids is 1. The first kappa shape index (κ1) is 16.4. The maximum Gasteiger partial charge on any atom is 0.271 e. The van der Waals surface area contributed by atoms with Gasteiger partial charge in [-0.1, -0.05) is 31.5 Å². The summed E-state index contributed by atoms with van der Waals surface area (Å²) < 4.78 is 7.19. The van der Waals surface area contributed by atoms with E-state index in [-0.39, 0.29) is 12.6 Å². The van der Waals surface area contributed by atoms with Crippen molar-refractivity contribution in [1.29, 1.82) is 0 Å². The summed E-state index contributed by atoms with van der Waals surface area (Å²) in [5, 5.41) is 7.57. The minimum atomic E-state index is -0.180. The van der Waals surface area contributed by atoms with Gasteiger partial charge in [-0.05, 0) is 36.6 Å². The fourth-order valence-electron chi connectivity index (χ4n) is 1.80. The van der Waals surface area contributed by atoms with Gasteiger partial charge in [0, 0.05) is 12.7 Å². The molecule has 118 valence electrons. The highest BCUT2D eigenvalue weighted by atomic mass is 35.5. The zero-order chi connectivity index (χ0) is 16.1. The summed E-state index contributed by atoms with van der Waals surface area (Å²) in [5.74, 6) is 0.821. The smallest absolute Gasteiger partial charge is 0.271 e. The second-order valence-corrected chi connectivity index (χ2v) is 5.96. The van der Waals surface area contributed by atoms with Crippen LogP contribution in [0.15, 0.2) is 30.5 Å². The molecule has 0 bridgehead atoms. The normalized spacial score (nSPS) is 10.8. The summed E-state index contributed by atoms with van der Waals surface area (Å²) in [6.07, 6.45) is 1.70. The minimum Gasteiger partial charge on any atom is -0.470 e. The number of ether oxygens (including phenoxy) is 1. The molecular weight excluding hydrogens is 302 g/mol. The van der Waals surface area contributed by atoms with Crippen LogP contribution in [-0.2, 0) is 6.73 Å². The molecule has 1 amide bonds. The number of hydrogen-bond donors (Lipinski definition) is 1. The lowest BCUT2D eigenvalue weighted by Gasteiger charge is -2.09. The molecule has 1 N–H and O–H groups in total. The highest BCUT2D eigenvalue weighted by Gasteiger charge is 2.10. The molecule has 0 saturated carbocycles. The Morgan fingerprint density at radius 1 is 1.41 bits per heavy atom. The SMILES string of the molecule is Cc1ccc(Cl)c(OCn2ccc(C(=O)NCC(C)C)n2)c1. The van der Waals surface area contributed by atoms with Crippen LogP contribution >= 0.6 is 11.6 Å². The number of rotatable bonds is 6. The van der Waals surface area contributed by atoms with Gasteiger partial charge in [0.05, 0.1) is 5.02 Å². The molecule has 0 radical (unpaired) electrons. The Kier molecular flexibility index (Phi) is 5.44. The minimum absolute atomic E-state index is 0.180. The monoisotopic (exact) mass is 321 g/mol. The number of halogens is 1. The molecule has 2 aromatic rings. The molecule has 0 fully saturated rings. The lowest BCUT2D eigenvalue weighted by Crippen LogP contribution is -2.27. The largest absolute Gasteiger partial charge is 0.470 e. The fourth-order valence-corrected chi connectivity index (χ4v) is 1.97. The molecule has 6 heteroatoms. The maximum atomic E-state index is 11.9. The Bertz CT molecular complexity index is 653. The Labute approximate surface area is 135 Å². The second kappa shape index (κ2) is 7.31. The third-order valence-corrected chi connectivity index (χ3v) is 3.30. The predicted octanol–water partition coefficient (Wildman–Crippen LogP) is 3.27. The van der Waals surface area contributed by atoms with Crippen LogP contribution in [-0.4, -0.2) is 22.2 Å². The lowest BCUT2D eigenvalue weighted by atomic mass is 10.2. The molecule has 1 heterocycles. The van der Waals surface area contributed by atoms with Gasteiger partial charge in [0.15, 0.2) is 6.73 Å². The van der Waals surface area contributed by atoms with E-state index >= 15 is 0 Å². The molecule has 0 spiro atoms. The quantitative estimate of drug-likeness (QED) is 0.888. The van der Waals surface area contributed by atoms with E-state index in [1.54, 1.807) is 23.0 Å². The molecule has 0 aliphatic heterocycles. The molecule has 2 rings (SSSR count). The number of aryl methyl sites for hydroxylation is 1. The summed E-state index contributed by atoms with van der Waals surface area (Å²) in [6.45, 7) is 6.87. The van der Waals surface area contributed by atoms with Crippen molar-refractivity contribution in [3.05, 3.63) is 46.7 Å². The molecule has 1 aromatic heterocycles. The molecule has 0 atom stereocenters. The van der Waals surface area contributed by atoms with E-state index in [4.69, 9.17) is 16.3 Å². The molecule has 22 heavy (non-hydrogen) atoms. The number of benzene rings is 1. The summed E-state index contributed by atoms with van der Waals surface area (Å²) >= 11 is 6.07. The van der Waals surface area contributed by atoms with Crippen molar-refractivity contribution in [2.24, 2.45) is 5.92 Å². The molecule has 5 nitrogen and oxygen atoms in total. The summed E-state index contributed by atoms with van der Waals surface area (Å²) in [4.78, 5) is 11.9. The van der Waals surface area contributed by atoms with E-state index in [0.29, 0.717) is 28.9 Å². The van der Waals surface area contributed by atoms with Crippen LogP contribution in [0.1, 0.15) is 29.9 Å². The Hall–Kier alpha value is -2.01. The van der Waals surface area contributed by atoms with Gasteiger partial charge in [-0.15, -0.1) is 0 Å². The third-order valence-electron chi connectivity index (χ3n) is 2.98. The van der Waals surface area contributed by atoms with Crippen molar-refractivity contribution in [1.82, 2.24) is 15.1 Å². The molecule has 0 aliphatic carbocycles. The van der Waals surface area contributed by atoms with Gasteiger partial charge in [0.2, 0.25) is 0 Å². The second-order valence-electron chi connectivity index (χ2n) is 5.55. The average molecular weight is 322 g/mol. The van der Waals surface area contributed by atoms with E-state index in [1.165, 1.54) is 0 Å². The van der Waals surface area contributed by atoms with Crippen molar-refractivity contribution < 1.29 is 9.53 Å². The van der Waals surface area contributed by atoms with Crippen LogP contribution in [0.5, 0.6) is 5.75 Å². The number of aromatic nitrogens is 2. The van der Waals surface area contributed by atoms with Crippen LogP contribution in [0, 0.1) is 12.8 Å².